The van der Waals surface area contributed by atoms with Crippen molar-refractivity contribution in [1.29, 1.82) is 0 Å². The maximum atomic E-state index is 13.9. The summed E-state index contributed by atoms with van der Waals surface area (Å²) in [6.07, 6.45) is -2.57. The number of benzene rings is 1. The number of hydrogen-bond acceptors (Lipinski definition) is 4. The lowest BCUT2D eigenvalue weighted by Gasteiger charge is -2.39. The Morgan fingerprint density at radius 2 is 2.04 bits per heavy atom. The molecule has 1 fully saturated rings. The first-order valence-corrected chi connectivity index (χ1v) is 7.87. The van der Waals surface area contributed by atoms with Gasteiger partial charge < -0.3 is 19.8 Å². The molecule has 1 aliphatic rings. The van der Waals surface area contributed by atoms with Crippen LogP contribution in [0.15, 0.2) is 18.2 Å². The van der Waals surface area contributed by atoms with Crippen LogP contribution in [0.1, 0.15) is 38.9 Å². The van der Waals surface area contributed by atoms with Crippen LogP contribution in [-0.2, 0) is 4.74 Å². The molecule has 1 heterocycles. The van der Waals surface area contributed by atoms with Gasteiger partial charge in [-0.1, -0.05) is 6.07 Å². The van der Waals surface area contributed by atoms with Crippen LogP contribution in [0, 0.1) is 17.6 Å². The molecular formula is C17H23F2NO4. The van der Waals surface area contributed by atoms with Gasteiger partial charge >= 0.3 is 6.09 Å². The highest BCUT2D eigenvalue weighted by atomic mass is 19.1. The number of aliphatic hydroxyl groups excluding tert-OH is 2. The molecule has 0 spiro atoms. The highest BCUT2D eigenvalue weighted by Crippen LogP contribution is 2.32. The summed E-state index contributed by atoms with van der Waals surface area (Å²) in [7, 11) is 0. The van der Waals surface area contributed by atoms with Crippen LogP contribution >= 0.6 is 0 Å². The molecule has 0 aliphatic carbocycles. The molecule has 1 aromatic carbocycles. The van der Waals surface area contributed by atoms with Crippen LogP contribution in [0.4, 0.5) is 13.6 Å². The summed E-state index contributed by atoms with van der Waals surface area (Å²) in [6, 6.07) is 2.87. The van der Waals surface area contributed by atoms with Gasteiger partial charge in [0.2, 0.25) is 0 Å². The molecule has 5 nitrogen and oxygen atoms in total. The van der Waals surface area contributed by atoms with Gasteiger partial charge in [-0.2, -0.15) is 0 Å². The van der Waals surface area contributed by atoms with Crippen molar-refractivity contribution in [3.8, 4) is 0 Å². The molecule has 1 aromatic rings. The monoisotopic (exact) mass is 343 g/mol. The Labute approximate surface area is 139 Å². The average molecular weight is 343 g/mol. The second kappa shape index (κ2) is 7.03. The topological polar surface area (TPSA) is 70.0 Å². The van der Waals surface area contributed by atoms with Gasteiger partial charge in [-0.05, 0) is 33.3 Å². The predicted octanol–water partition coefficient (Wildman–Crippen LogP) is 2.62. The number of halogens is 2. The van der Waals surface area contributed by atoms with Gasteiger partial charge in [0, 0.05) is 30.6 Å². The number of carbonyl (C=O) groups is 1. The van der Waals surface area contributed by atoms with Crippen molar-refractivity contribution in [3.63, 3.8) is 0 Å². The summed E-state index contributed by atoms with van der Waals surface area (Å²) in [5.74, 6) is -2.42. The zero-order chi connectivity index (χ0) is 18.1. The normalized spacial score (nSPS) is 23.0. The van der Waals surface area contributed by atoms with Gasteiger partial charge in [-0.3, -0.25) is 0 Å². The van der Waals surface area contributed by atoms with Crippen LogP contribution in [0.2, 0.25) is 0 Å². The molecular weight excluding hydrogens is 320 g/mol. The van der Waals surface area contributed by atoms with Crippen molar-refractivity contribution < 1.29 is 28.5 Å². The summed E-state index contributed by atoms with van der Waals surface area (Å²) >= 11 is 0. The van der Waals surface area contributed by atoms with E-state index in [9.17, 15) is 23.8 Å². The molecule has 1 saturated heterocycles. The molecule has 2 N–H and O–H groups in total. The number of likely N-dealkylation sites (tertiary alicyclic amines) is 1. The summed E-state index contributed by atoms with van der Waals surface area (Å²) in [6.45, 7) is 5.52. The van der Waals surface area contributed by atoms with Gasteiger partial charge in [-0.15, -0.1) is 0 Å². The number of rotatable bonds is 2. The highest BCUT2D eigenvalue weighted by molar-refractivity contribution is 5.68. The van der Waals surface area contributed by atoms with E-state index in [2.05, 4.69) is 0 Å². The van der Waals surface area contributed by atoms with Gasteiger partial charge in [-0.25, -0.2) is 13.6 Å². The molecule has 0 aromatic heterocycles. The van der Waals surface area contributed by atoms with Gasteiger partial charge in [0.1, 0.15) is 17.2 Å². The second-order valence-electron chi connectivity index (χ2n) is 7.06. The number of ether oxygens (including phenoxy) is 1. The Bertz CT molecular complexity index is 603. The summed E-state index contributed by atoms with van der Waals surface area (Å²) in [4.78, 5) is 13.5. The summed E-state index contributed by atoms with van der Waals surface area (Å²) in [5, 5.41) is 20.6. The number of aliphatic hydroxyl groups is 2. The van der Waals surface area contributed by atoms with Crippen molar-refractivity contribution in [2.45, 2.75) is 45.0 Å². The molecule has 0 radical (unpaired) electrons. The fraction of sp³-hybridized carbons (Fsp3) is 0.588. The lowest BCUT2D eigenvalue weighted by molar-refractivity contribution is -0.0479. The maximum Gasteiger partial charge on any atom is 0.410 e. The first kappa shape index (κ1) is 18.6. The Morgan fingerprint density at radius 3 is 2.62 bits per heavy atom. The molecule has 3 unspecified atom stereocenters. The maximum absolute atomic E-state index is 13.9. The Morgan fingerprint density at radius 1 is 1.38 bits per heavy atom. The van der Waals surface area contributed by atoms with Crippen LogP contribution in [0.25, 0.3) is 0 Å². The molecule has 0 saturated carbocycles. The predicted molar refractivity (Wildman–Crippen MR) is 83.2 cm³/mol. The third kappa shape index (κ3) is 4.42. The summed E-state index contributed by atoms with van der Waals surface area (Å²) < 4.78 is 32.2. The third-order valence-corrected chi connectivity index (χ3v) is 3.96. The van der Waals surface area contributed by atoms with Crippen LogP contribution in [0.3, 0.4) is 0 Å². The minimum atomic E-state index is -1.36. The molecule has 1 aliphatic heterocycles. The van der Waals surface area contributed by atoms with E-state index >= 15 is 0 Å². The fourth-order valence-corrected chi connectivity index (χ4v) is 2.74. The molecule has 24 heavy (non-hydrogen) atoms. The third-order valence-electron chi connectivity index (χ3n) is 3.96. The smallest absolute Gasteiger partial charge is 0.410 e. The van der Waals surface area contributed by atoms with E-state index in [0.29, 0.717) is 6.07 Å². The average Bonchev–Trinajstić information content (AvgIpc) is 2.45. The van der Waals surface area contributed by atoms with E-state index < -0.39 is 41.5 Å². The zero-order valence-electron chi connectivity index (χ0n) is 14.0. The number of carbonyl (C=O) groups excluding carboxylic acids is 1. The molecule has 0 bridgehead atoms. The summed E-state index contributed by atoms with van der Waals surface area (Å²) in [5.41, 5.74) is -0.767. The molecule has 2 rings (SSSR count). The van der Waals surface area contributed by atoms with Crippen LogP contribution < -0.4 is 0 Å². The SMILES string of the molecule is CC(C)(C)OC(=O)N1CCC(O)C(C(O)c2ccc(F)cc2F)C1. The standard InChI is InChI=1S/C17H23F2NO4/c1-17(2,3)24-16(23)20-7-6-14(21)12(9-20)15(22)11-5-4-10(18)8-13(11)19/h4-5,8,12,14-15,21-22H,6-7,9H2,1-3H3. The molecule has 3 atom stereocenters. The second-order valence-corrected chi connectivity index (χ2v) is 7.06. The largest absolute Gasteiger partial charge is 0.444 e. The van der Waals surface area contributed by atoms with Gasteiger partial charge in [0.05, 0.1) is 12.2 Å². The van der Waals surface area contributed by atoms with Crippen molar-refractivity contribution in [3.05, 3.63) is 35.4 Å². The van der Waals surface area contributed by atoms with Crippen molar-refractivity contribution in [2.75, 3.05) is 13.1 Å². The van der Waals surface area contributed by atoms with E-state index in [1.54, 1.807) is 20.8 Å². The van der Waals surface area contributed by atoms with E-state index in [1.807, 2.05) is 0 Å². The van der Waals surface area contributed by atoms with E-state index in [0.717, 1.165) is 12.1 Å². The van der Waals surface area contributed by atoms with Gasteiger partial charge in [0.25, 0.3) is 0 Å². The van der Waals surface area contributed by atoms with E-state index in [-0.39, 0.29) is 25.1 Å². The van der Waals surface area contributed by atoms with Crippen molar-refractivity contribution in [1.82, 2.24) is 4.90 Å². The molecule has 1 amide bonds. The Kier molecular flexibility index (Phi) is 5.45. The van der Waals surface area contributed by atoms with Crippen LogP contribution in [0.5, 0.6) is 0 Å². The molecule has 134 valence electrons. The fourth-order valence-electron chi connectivity index (χ4n) is 2.74. The number of nitrogens with zero attached hydrogens (tertiary/aromatic N) is 1. The number of hydrogen-bond donors (Lipinski definition) is 2. The number of piperidine rings is 1. The Balaban J connectivity index is 2.14. The minimum absolute atomic E-state index is 0.0219. The highest BCUT2D eigenvalue weighted by Gasteiger charge is 2.37. The first-order chi connectivity index (χ1) is 11.1. The van der Waals surface area contributed by atoms with Gasteiger partial charge in [0.15, 0.2) is 0 Å². The van der Waals surface area contributed by atoms with Crippen molar-refractivity contribution >= 4 is 6.09 Å². The lowest BCUT2D eigenvalue weighted by Crippen LogP contribution is -2.49. The van der Waals surface area contributed by atoms with Crippen LogP contribution in [-0.4, -0.2) is 46.0 Å². The zero-order valence-corrected chi connectivity index (χ0v) is 14.0. The molecule has 7 heteroatoms. The Hall–Kier alpha value is -1.73. The van der Waals surface area contributed by atoms with E-state index in [1.165, 1.54) is 4.90 Å². The number of amides is 1. The first-order valence-electron chi connectivity index (χ1n) is 7.87. The quantitative estimate of drug-likeness (QED) is 0.866. The lowest BCUT2D eigenvalue weighted by atomic mass is 9.86. The van der Waals surface area contributed by atoms with E-state index in [4.69, 9.17) is 4.74 Å². The minimum Gasteiger partial charge on any atom is -0.444 e. The van der Waals surface area contributed by atoms with Crippen molar-refractivity contribution in [2.24, 2.45) is 5.92 Å².